The van der Waals surface area contributed by atoms with Crippen LogP contribution in [-0.4, -0.2) is 48.9 Å². The lowest BCUT2D eigenvalue weighted by Crippen LogP contribution is -2.50. The van der Waals surface area contributed by atoms with Crippen LogP contribution in [0.3, 0.4) is 0 Å². The maximum atomic E-state index is 12.6. The zero-order valence-electron chi connectivity index (χ0n) is 13.8. The lowest BCUT2D eigenvalue weighted by molar-refractivity contribution is -0.141. The van der Waals surface area contributed by atoms with Crippen molar-refractivity contribution < 1.29 is 21.6 Å². The van der Waals surface area contributed by atoms with Crippen molar-refractivity contribution in [3.05, 3.63) is 29.6 Å². The van der Waals surface area contributed by atoms with Crippen molar-refractivity contribution in [1.82, 2.24) is 9.88 Å². The topological polar surface area (TPSA) is 50.3 Å². The van der Waals surface area contributed by atoms with E-state index in [2.05, 4.69) is 9.88 Å². The molecule has 3 fully saturated rings. The maximum Gasteiger partial charge on any atom is 0.433 e. The van der Waals surface area contributed by atoms with Crippen LogP contribution in [0.5, 0.6) is 0 Å². The molecule has 2 saturated heterocycles. The van der Waals surface area contributed by atoms with Crippen molar-refractivity contribution in [2.45, 2.75) is 43.8 Å². The monoisotopic (exact) mass is 374 g/mol. The van der Waals surface area contributed by atoms with Gasteiger partial charge in [0.05, 0.1) is 11.5 Å². The van der Waals surface area contributed by atoms with Crippen LogP contribution in [0, 0.1) is 5.41 Å². The summed E-state index contributed by atoms with van der Waals surface area (Å²) in [7, 11) is -2.82. The number of alkyl halides is 3. The van der Waals surface area contributed by atoms with Crippen LogP contribution < -0.4 is 0 Å². The van der Waals surface area contributed by atoms with E-state index in [0.29, 0.717) is 17.5 Å². The van der Waals surface area contributed by atoms with E-state index in [-0.39, 0.29) is 11.3 Å². The summed E-state index contributed by atoms with van der Waals surface area (Å²) in [6.07, 6.45) is 0.767. The number of hydrogen-bond acceptors (Lipinski definition) is 4. The molecule has 0 radical (unpaired) electrons. The van der Waals surface area contributed by atoms with Gasteiger partial charge >= 0.3 is 6.18 Å². The highest BCUT2D eigenvalue weighted by Gasteiger charge is 2.53. The molecule has 4 nitrogen and oxygen atoms in total. The molecule has 0 aromatic carbocycles. The van der Waals surface area contributed by atoms with Gasteiger partial charge in [-0.05, 0) is 49.8 Å². The quantitative estimate of drug-likeness (QED) is 0.799. The molecule has 138 valence electrons. The summed E-state index contributed by atoms with van der Waals surface area (Å²) in [4.78, 5) is 5.97. The first-order valence-corrected chi connectivity index (χ1v) is 10.5. The first-order valence-electron chi connectivity index (χ1n) is 8.64. The van der Waals surface area contributed by atoms with Crippen LogP contribution in [0.15, 0.2) is 18.3 Å². The summed E-state index contributed by atoms with van der Waals surface area (Å²) in [6.45, 7) is 1.77. The molecule has 3 aliphatic rings. The summed E-state index contributed by atoms with van der Waals surface area (Å²) in [5.41, 5.74) is -0.0126. The van der Waals surface area contributed by atoms with Gasteiger partial charge in [0.2, 0.25) is 0 Å². The van der Waals surface area contributed by atoms with Crippen molar-refractivity contribution in [2.75, 3.05) is 24.6 Å². The van der Waals surface area contributed by atoms with Gasteiger partial charge in [-0.2, -0.15) is 13.2 Å². The normalized spacial score (nSPS) is 31.3. The minimum atomic E-state index is -4.40. The zero-order valence-corrected chi connectivity index (χ0v) is 14.6. The Morgan fingerprint density at radius 2 is 1.96 bits per heavy atom. The Hall–Kier alpha value is -1.15. The second-order valence-corrected chi connectivity index (χ2v) is 9.96. The fraction of sp³-hybridized carbons (Fsp3) is 0.706. The summed E-state index contributed by atoms with van der Waals surface area (Å²) in [5, 5.41) is 0. The van der Waals surface area contributed by atoms with E-state index in [1.54, 1.807) is 6.07 Å². The van der Waals surface area contributed by atoms with Crippen LogP contribution in [-0.2, 0) is 16.0 Å². The Labute approximate surface area is 145 Å². The Morgan fingerprint density at radius 1 is 1.20 bits per heavy atom. The molecular weight excluding hydrogens is 353 g/mol. The smallest absolute Gasteiger partial charge is 0.300 e. The Morgan fingerprint density at radius 3 is 2.56 bits per heavy atom. The van der Waals surface area contributed by atoms with Gasteiger partial charge in [-0.25, -0.2) is 8.42 Å². The van der Waals surface area contributed by atoms with E-state index < -0.39 is 21.7 Å². The van der Waals surface area contributed by atoms with Crippen LogP contribution in [0.25, 0.3) is 0 Å². The molecule has 1 aromatic rings. The zero-order chi connectivity index (χ0) is 17.9. The van der Waals surface area contributed by atoms with Crippen molar-refractivity contribution in [1.29, 1.82) is 0 Å². The molecule has 8 heteroatoms. The van der Waals surface area contributed by atoms with Crippen molar-refractivity contribution in [3.8, 4) is 0 Å². The molecule has 0 amide bonds. The number of halogens is 3. The van der Waals surface area contributed by atoms with Gasteiger partial charge < -0.3 is 0 Å². The first kappa shape index (κ1) is 17.3. The van der Waals surface area contributed by atoms with E-state index in [0.717, 1.165) is 50.4 Å². The van der Waals surface area contributed by atoms with Gasteiger partial charge in [0.25, 0.3) is 0 Å². The maximum absolute atomic E-state index is 12.6. The van der Waals surface area contributed by atoms with Crippen molar-refractivity contribution >= 4 is 9.84 Å². The van der Waals surface area contributed by atoms with Gasteiger partial charge in [-0.15, -0.1) is 0 Å². The summed E-state index contributed by atoms with van der Waals surface area (Å²) < 4.78 is 60.9. The number of rotatable bonds is 2. The highest BCUT2D eigenvalue weighted by atomic mass is 32.2. The molecule has 0 bridgehead atoms. The molecule has 0 unspecified atom stereocenters. The lowest BCUT2D eigenvalue weighted by atomic mass is 9.91. The van der Waals surface area contributed by atoms with Gasteiger partial charge in [0, 0.05) is 24.2 Å². The molecule has 3 heterocycles. The molecular formula is C17H21F3N2O2S. The van der Waals surface area contributed by atoms with E-state index in [9.17, 15) is 21.6 Å². The molecule has 1 saturated carbocycles. The molecule has 2 atom stereocenters. The fourth-order valence-corrected chi connectivity index (χ4v) is 7.07. The summed E-state index contributed by atoms with van der Waals surface area (Å²) >= 11 is 0. The van der Waals surface area contributed by atoms with Crippen molar-refractivity contribution in [3.63, 3.8) is 0 Å². The second-order valence-electron chi connectivity index (χ2n) is 7.89. The van der Waals surface area contributed by atoms with E-state index >= 15 is 0 Å². The van der Waals surface area contributed by atoms with Gasteiger partial charge in [0.15, 0.2) is 9.84 Å². The molecule has 2 aliphatic heterocycles. The summed E-state index contributed by atoms with van der Waals surface area (Å²) in [6, 6.07) is 3.01. The average Bonchev–Trinajstić information content (AvgIpc) is 3.12. The molecule has 0 N–H and O–H groups in total. The molecule has 1 spiro atoms. The molecule has 4 rings (SSSR count). The Balaban J connectivity index is 1.37. The predicted octanol–water partition coefficient (Wildman–Crippen LogP) is 2.86. The van der Waals surface area contributed by atoms with Crippen LogP contribution in [0.4, 0.5) is 13.2 Å². The molecule has 1 aromatic heterocycles. The highest BCUT2D eigenvalue weighted by molar-refractivity contribution is 7.92. The average molecular weight is 374 g/mol. The highest BCUT2D eigenvalue weighted by Crippen LogP contribution is 2.45. The van der Waals surface area contributed by atoms with Crippen LogP contribution in [0.2, 0.25) is 0 Å². The van der Waals surface area contributed by atoms with E-state index in [4.69, 9.17) is 0 Å². The van der Waals surface area contributed by atoms with Crippen LogP contribution >= 0.6 is 0 Å². The lowest BCUT2D eigenvalue weighted by Gasteiger charge is -2.38. The van der Waals surface area contributed by atoms with E-state index in [1.807, 2.05) is 0 Å². The fourth-order valence-electron chi connectivity index (χ4n) is 4.81. The number of aromatic nitrogens is 1. The molecule has 25 heavy (non-hydrogen) atoms. The number of sulfone groups is 1. The third-order valence-corrected chi connectivity index (χ3v) is 8.09. The number of hydrogen-bond donors (Lipinski definition) is 0. The number of nitrogens with zero attached hydrogens (tertiary/aromatic N) is 2. The molecule has 1 aliphatic carbocycles. The Bertz CT molecular complexity index is 749. The summed E-state index contributed by atoms with van der Waals surface area (Å²) in [5.74, 6) is 0.867. The van der Waals surface area contributed by atoms with E-state index in [1.165, 1.54) is 6.20 Å². The third kappa shape index (κ3) is 3.30. The number of pyridine rings is 1. The minimum Gasteiger partial charge on any atom is -0.300 e. The first-order chi connectivity index (χ1) is 11.7. The number of likely N-dealkylation sites (tertiary alicyclic amines) is 1. The standard InChI is InChI=1S/C17H21F3N2O2S/c18-17(19,20)15-4-2-13(8-21-15)12-1-3-14(7-12)22-6-5-16(9-22)10-25(23,24)11-16/h2,4,8,12,14H,1,3,5-7,9-11H2/t12-,14-/m1/s1. The van der Waals surface area contributed by atoms with Crippen LogP contribution in [0.1, 0.15) is 42.9 Å². The van der Waals surface area contributed by atoms with Gasteiger partial charge in [-0.3, -0.25) is 9.88 Å². The largest absolute Gasteiger partial charge is 0.433 e. The minimum absolute atomic E-state index is 0.0349. The third-order valence-electron chi connectivity index (χ3n) is 5.99. The second kappa shape index (κ2) is 5.67. The predicted molar refractivity (Wildman–Crippen MR) is 86.9 cm³/mol. The SMILES string of the molecule is O=S1(=O)CC2(CCN([C@@H]3CC[C@@H](c4ccc(C(F)(F)F)nc4)C3)C2)C1. The van der Waals surface area contributed by atoms with Gasteiger partial charge in [0.1, 0.15) is 5.69 Å². The van der Waals surface area contributed by atoms with Gasteiger partial charge in [-0.1, -0.05) is 6.07 Å². The van der Waals surface area contributed by atoms with Crippen molar-refractivity contribution in [2.24, 2.45) is 5.41 Å². The Kier molecular flexibility index (Phi) is 3.92.